The molecular formula is C23H13F8N7O. The van der Waals surface area contributed by atoms with Crippen molar-refractivity contribution in [3.63, 3.8) is 0 Å². The van der Waals surface area contributed by atoms with Crippen LogP contribution in [0.15, 0.2) is 47.0 Å². The van der Waals surface area contributed by atoms with Crippen LogP contribution in [-0.2, 0) is 18.9 Å². The maximum atomic E-state index is 14.2. The number of nitrogens with two attached hydrogens (primary N) is 2. The Morgan fingerprint density at radius 2 is 1.56 bits per heavy atom. The monoisotopic (exact) mass is 555 g/mol. The Balaban J connectivity index is 1.51. The van der Waals surface area contributed by atoms with E-state index in [2.05, 4.69) is 20.2 Å². The van der Waals surface area contributed by atoms with Gasteiger partial charge in [-0.1, -0.05) is 17.3 Å². The summed E-state index contributed by atoms with van der Waals surface area (Å²) in [5.41, 5.74) is 7.67. The Morgan fingerprint density at radius 3 is 2.26 bits per heavy atom. The van der Waals surface area contributed by atoms with Crippen LogP contribution in [0.2, 0.25) is 0 Å². The molecule has 0 atom stereocenters. The molecule has 8 nitrogen and oxygen atoms in total. The van der Waals surface area contributed by atoms with E-state index in [1.807, 2.05) is 0 Å². The van der Waals surface area contributed by atoms with Crippen LogP contribution in [0.25, 0.3) is 34.0 Å². The van der Waals surface area contributed by atoms with Crippen molar-refractivity contribution < 1.29 is 39.6 Å². The number of benzene rings is 2. The van der Waals surface area contributed by atoms with E-state index in [-0.39, 0.29) is 52.8 Å². The van der Waals surface area contributed by atoms with E-state index in [4.69, 9.17) is 16.0 Å². The number of alkyl halides is 6. The fourth-order valence-electron chi connectivity index (χ4n) is 3.81. The molecule has 0 fully saturated rings. The molecule has 0 saturated carbocycles. The van der Waals surface area contributed by atoms with Gasteiger partial charge in [-0.15, -0.1) is 0 Å². The van der Waals surface area contributed by atoms with Gasteiger partial charge in [0, 0.05) is 11.6 Å². The van der Waals surface area contributed by atoms with Crippen molar-refractivity contribution in [3.8, 4) is 34.0 Å². The molecule has 202 valence electrons. The average Bonchev–Trinajstić information content (AvgIpc) is 3.51. The van der Waals surface area contributed by atoms with Crippen molar-refractivity contribution >= 4 is 11.6 Å². The zero-order chi connectivity index (χ0) is 28.3. The number of imidazole rings is 1. The molecule has 39 heavy (non-hydrogen) atoms. The smallest absolute Gasteiger partial charge is 0.382 e. The third-order valence-electron chi connectivity index (χ3n) is 5.64. The lowest BCUT2D eigenvalue weighted by molar-refractivity contribution is -0.142. The fraction of sp³-hybridized carbons (Fsp3) is 0.130. The Morgan fingerprint density at radius 1 is 0.846 bits per heavy atom. The largest absolute Gasteiger partial charge is 0.417 e. The molecule has 3 heterocycles. The maximum Gasteiger partial charge on any atom is 0.417 e. The molecule has 0 unspecified atom stereocenters. The van der Waals surface area contributed by atoms with E-state index >= 15 is 0 Å². The van der Waals surface area contributed by atoms with Gasteiger partial charge in [0.2, 0.25) is 0 Å². The number of hydrogen-bond acceptors (Lipinski definition) is 7. The second kappa shape index (κ2) is 8.92. The first-order valence-electron chi connectivity index (χ1n) is 10.7. The summed E-state index contributed by atoms with van der Waals surface area (Å²) in [4.78, 5) is 8.19. The predicted molar refractivity (Wildman–Crippen MR) is 120 cm³/mol. The van der Waals surface area contributed by atoms with Gasteiger partial charge >= 0.3 is 12.4 Å². The Labute approximate surface area is 212 Å². The van der Waals surface area contributed by atoms with Crippen LogP contribution in [0.5, 0.6) is 0 Å². The average molecular weight is 555 g/mol. The van der Waals surface area contributed by atoms with E-state index in [9.17, 15) is 35.1 Å². The molecule has 0 radical (unpaired) electrons. The number of nitrogens with zero attached hydrogens (tertiary/aromatic N) is 5. The molecule has 2 aliphatic rings. The highest BCUT2D eigenvalue weighted by molar-refractivity contribution is 5.80. The van der Waals surface area contributed by atoms with Crippen LogP contribution >= 0.6 is 0 Å². The van der Waals surface area contributed by atoms with E-state index in [0.717, 1.165) is 16.8 Å². The van der Waals surface area contributed by atoms with E-state index in [1.165, 1.54) is 12.1 Å². The summed E-state index contributed by atoms with van der Waals surface area (Å²) in [5, 5.41) is 7.58. The lowest BCUT2D eigenvalue weighted by Gasteiger charge is -2.14. The van der Waals surface area contributed by atoms with Gasteiger partial charge in [0.05, 0.1) is 16.7 Å². The summed E-state index contributed by atoms with van der Waals surface area (Å²) < 4.78 is 114. The summed E-state index contributed by atoms with van der Waals surface area (Å²) in [5.74, 6) is -2.99. The minimum Gasteiger partial charge on any atom is -0.382 e. The van der Waals surface area contributed by atoms with Crippen LogP contribution in [0.3, 0.4) is 0 Å². The highest BCUT2D eigenvalue weighted by Gasteiger charge is 2.39. The van der Waals surface area contributed by atoms with Crippen LogP contribution in [0.1, 0.15) is 16.9 Å². The Hall–Kier alpha value is -4.76. The minimum absolute atomic E-state index is 0.0137. The molecule has 0 spiro atoms. The van der Waals surface area contributed by atoms with Gasteiger partial charge < -0.3 is 16.0 Å². The zero-order valence-corrected chi connectivity index (χ0v) is 19.1. The Kier molecular flexibility index (Phi) is 5.92. The fourth-order valence-corrected chi connectivity index (χ4v) is 3.81. The highest BCUT2D eigenvalue weighted by atomic mass is 19.4. The van der Waals surface area contributed by atoms with Crippen molar-refractivity contribution in [1.82, 2.24) is 24.9 Å². The summed E-state index contributed by atoms with van der Waals surface area (Å²) in [6.07, 6.45) is -10.1. The molecule has 4 N–H and O–H groups in total. The molecule has 0 amide bonds. The standard InChI is InChI=1S/C23H13F8N7O/c24-14-3-1-2-12(16(14)25)21-34-17-18(35-21)20(33)38(36-19(17)32)8-10-7-15(37-39-10)11-5-4-9(22(26,27)28)6-13(11)23(29,30)31/h1-7H,8,33H2,(H2,32,36). The quantitative estimate of drug-likeness (QED) is 0.276. The van der Waals surface area contributed by atoms with E-state index in [1.54, 1.807) is 0 Å². The molecular weight excluding hydrogens is 542 g/mol. The SMILES string of the molecule is Nc1nn(Cc2cc(-c3ccc(C(F)(F)F)cc3C(F)(F)F)no2)c(N)c2nc(-c3cccc(F)c3F)nc1-2. The lowest BCUT2D eigenvalue weighted by atomic mass is 10.0. The second-order valence-electron chi connectivity index (χ2n) is 8.21. The molecule has 5 rings (SSSR count). The molecule has 3 aromatic rings. The van der Waals surface area contributed by atoms with Crippen molar-refractivity contribution in [2.24, 2.45) is 0 Å². The molecule has 2 aliphatic heterocycles. The Bertz CT molecular complexity index is 1670. The number of fused-ring (bicyclic) bond motifs is 1. The van der Waals surface area contributed by atoms with Gasteiger partial charge in [-0.2, -0.15) is 31.4 Å². The number of aromatic nitrogens is 5. The first-order valence-corrected chi connectivity index (χ1v) is 10.7. The number of halogens is 8. The zero-order valence-electron chi connectivity index (χ0n) is 19.1. The van der Waals surface area contributed by atoms with Crippen LogP contribution in [-0.4, -0.2) is 24.9 Å². The van der Waals surface area contributed by atoms with Crippen molar-refractivity contribution in [2.75, 3.05) is 11.5 Å². The predicted octanol–water partition coefficient (Wildman–Crippen LogP) is 5.63. The maximum absolute atomic E-state index is 14.2. The molecule has 1 aromatic heterocycles. The highest BCUT2D eigenvalue weighted by Crippen LogP contribution is 2.41. The molecule has 0 aliphatic carbocycles. The van der Waals surface area contributed by atoms with Gasteiger partial charge in [-0.05, 0) is 24.3 Å². The van der Waals surface area contributed by atoms with Gasteiger partial charge in [-0.25, -0.2) is 23.4 Å². The van der Waals surface area contributed by atoms with Crippen LogP contribution in [0, 0.1) is 11.6 Å². The number of rotatable bonds is 4. The summed E-state index contributed by atoms with van der Waals surface area (Å²) in [6.45, 7) is -0.336. The van der Waals surface area contributed by atoms with Crippen molar-refractivity contribution in [3.05, 3.63) is 71.0 Å². The van der Waals surface area contributed by atoms with Gasteiger partial charge in [0.25, 0.3) is 0 Å². The normalized spacial score (nSPS) is 12.4. The second-order valence-corrected chi connectivity index (χ2v) is 8.21. The van der Waals surface area contributed by atoms with Crippen LogP contribution < -0.4 is 11.5 Å². The van der Waals surface area contributed by atoms with E-state index in [0.29, 0.717) is 12.1 Å². The number of anilines is 2. The molecule has 2 aromatic carbocycles. The first kappa shape index (κ1) is 25.9. The van der Waals surface area contributed by atoms with Crippen molar-refractivity contribution in [1.29, 1.82) is 0 Å². The van der Waals surface area contributed by atoms with E-state index < -0.39 is 46.4 Å². The van der Waals surface area contributed by atoms with Gasteiger partial charge in [-0.3, -0.25) is 0 Å². The summed E-state index contributed by atoms with van der Waals surface area (Å²) >= 11 is 0. The number of hydrogen-bond donors (Lipinski definition) is 2. The first-order chi connectivity index (χ1) is 18.2. The minimum atomic E-state index is -5.12. The van der Waals surface area contributed by atoms with Gasteiger partial charge in [0.15, 0.2) is 29.0 Å². The third kappa shape index (κ3) is 4.68. The molecule has 16 heteroatoms. The molecule has 0 saturated heterocycles. The van der Waals surface area contributed by atoms with Crippen molar-refractivity contribution in [2.45, 2.75) is 18.9 Å². The number of nitrogen functional groups attached to an aromatic ring is 2. The lowest BCUT2D eigenvalue weighted by Crippen LogP contribution is -2.15. The third-order valence-corrected chi connectivity index (χ3v) is 5.64. The summed E-state index contributed by atoms with van der Waals surface area (Å²) in [6, 6.07) is 5.60. The summed E-state index contributed by atoms with van der Waals surface area (Å²) in [7, 11) is 0. The molecule has 0 bridgehead atoms. The topological polar surface area (TPSA) is 122 Å². The van der Waals surface area contributed by atoms with Gasteiger partial charge in [0.1, 0.15) is 29.4 Å². The van der Waals surface area contributed by atoms with Crippen LogP contribution in [0.4, 0.5) is 46.8 Å².